The maximum Gasteiger partial charge on any atom is 0.227 e. The summed E-state index contributed by atoms with van der Waals surface area (Å²) in [5, 5.41) is 0. The zero-order chi connectivity index (χ0) is 22.3. The highest BCUT2D eigenvalue weighted by molar-refractivity contribution is 5.78. The molecule has 0 aromatic heterocycles. The largest absolute Gasteiger partial charge is 0.376 e. The number of amides is 1. The SMILES string of the molecule is O=C(Cc1cccc(F)c1)N(CC1CCN(Cc2ccccc2F)CC1)C[C@H]1CCCO1. The number of carbonyl (C=O) groups excluding carboxylic acids is 1. The standard InChI is InChI=1S/C26H32F2N2O2/c27-23-7-3-5-21(15-23)16-26(31)30(19-24-8-4-14-32-24)17-20-10-12-29(13-11-20)18-22-6-1-2-9-25(22)28/h1-3,5-7,9,15,20,24H,4,8,10-14,16-19H2/t24-/m1/s1. The van der Waals surface area contributed by atoms with Crippen molar-refractivity contribution in [3.63, 3.8) is 0 Å². The van der Waals surface area contributed by atoms with Crippen LogP contribution in [0.2, 0.25) is 0 Å². The molecule has 0 radical (unpaired) electrons. The molecule has 172 valence electrons. The minimum absolute atomic E-state index is 0.0277. The molecule has 2 aliphatic rings. The Kier molecular flexibility index (Phi) is 7.87. The summed E-state index contributed by atoms with van der Waals surface area (Å²) in [4.78, 5) is 17.3. The van der Waals surface area contributed by atoms with Crippen molar-refractivity contribution < 1.29 is 18.3 Å². The smallest absolute Gasteiger partial charge is 0.227 e. The van der Waals surface area contributed by atoms with Gasteiger partial charge < -0.3 is 9.64 Å². The number of benzene rings is 2. The molecule has 2 saturated heterocycles. The van der Waals surface area contributed by atoms with Crippen molar-refractivity contribution in [1.29, 1.82) is 0 Å². The normalized spacial score (nSPS) is 19.9. The molecule has 6 heteroatoms. The van der Waals surface area contributed by atoms with Crippen LogP contribution in [0.5, 0.6) is 0 Å². The lowest BCUT2D eigenvalue weighted by Gasteiger charge is -2.35. The van der Waals surface area contributed by atoms with E-state index in [0.717, 1.165) is 50.9 Å². The first-order valence-corrected chi connectivity index (χ1v) is 11.7. The molecule has 1 atom stereocenters. The summed E-state index contributed by atoms with van der Waals surface area (Å²) in [6.45, 7) is 4.46. The molecule has 0 aliphatic carbocycles. The molecule has 4 nitrogen and oxygen atoms in total. The zero-order valence-corrected chi connectivity index (χ0v) is 18.5. The fourth-order valence-electron chi connectivity index (χ4n) is 4.75. The number of rotatable bonds is 8. The Morgan fingerprint density at radius 3 is 2.56 bits per heavy atom. The number of likely N-dealkylation sites (tertiary alicyclic amines) is 1. The molecule has 2 aromatic rings. The molecule has 0 spiro atoms. The van der Waals surface area contributed by atoms with Gasteiger partial charge in [0.25, 0.3) is 0 Å². The van der Waals surface area contributed by atoms with E-state index < -0.39 is 0 Å². The van der Waals surface area contributed by atoms with Crippen LogP contribution in [-0.4, -0.2) is 54.6 Å². The van der Waals surface area contributed by atoms with Crippen molar-refractivity contribution in [3.8, 4) is 0 Å². The van der Waals surface area contributed by atoms with E-state index in [4.69, 9.17) is 4.74 Å². The highest BCUT2D eigenvalue weighted by Crippen LogP contribution is 2.23. The van der Waals surface area contributed by atoms with Crippen LogP contribution in [0.4, 0.5) is 8.78 Å². The van der Waals surface area contributed by atoms with Gasteiger partial charge in [-0.3, -0.25) is 9.69 Å². The van der Waals surface area contributed by atoms with E-state index in [1.54, 1.807) is 18.2 Å². The van der Waals surface area contributed by atoms with Gasteiger partial charge in [-0.05, 0) is 68.5 Å². The van der Waals surface area contributed by atoms with Gasteiger partial charge in [-0.15, -0.1) is 0 Å². The van der Waals surface area contributed by atoms with Crippen LogP contribution in [0.3, 0.4) is 0 Å². The number of ether oxygens (including phenoxy) is 1. The average molecular weight is 443 g/mol. The molecular weight excluding hydrogens is 410 g/mol. The summed E-state index contributed by atoms with van der Waals surface area (Å²) in [6, 6.07) is 13.2. The minimum atomic E-state index is -0.316. The maximum absolute atomic E-state index is 14.0. The lowest BCUT2D eigenvalue weighted by atomic mass is 9.95. The molecule has 2 aliphatic heterocycles. The number of carbonyl (C=O) groups is 1. The predicted molar refractivity (Wildman–Crippen MR) is 120 cm³/mol. The van der Waals surface area contributed by atoms with E-state index in [2.05, 4.69) is 4.90 Å². The molecule has 4 rings (SSSR count). The number of nitrogens with zero attached hydrogens (tertiary/aromatic N) is 2. The van der Waals surface area contributed by atoms with Gasteiger partial charge in [0.05, 0.1) is 12.5 Å². The van der Waals surface area contributed by atoms with Gasteiger partial charge in [0.2, 0.25) is 5.91 Å². The number of hydrogen-bond donors (Lipinski definition) is 0. The van der Waals surface area contributed by atoms with E-state index >= 15 is 0 Å². The third kappa shape index (κ3) is 6.36. The summed E-state index contributed by atoms with van der Waals surface area (Å²) >= 11 is 0. The van der Waals surface area contributed by atoms with Crippen LogP contribution >= 0.6 is 0 Å². The molecule has 0 N–H and O–H groups in total. The summed E-state index contributed by atoms with van der Waals surface area (Å²) in [5.74, 6) is -0.0341. The van der Waals surface area contributed by atoms with Gasteiger partial charge in [-0.25, -0.2) is 8.78 Å². The molecule has 2 fully saturated rings. The fraction of sp³-hybridized carbons (Fsp3) is 0.500. The van der Waals surface area contributed by atoms with E-state index in [-0.39, 0.29) is 30.1 Å². The fourth-order valence-corrected chi connectivity index (χ4v) is 4.75. The Morgan fingerprint density at radius 2 is 1.84 bits per heavy atom. The number of piperidine rings is 1. The van der Waals surface area contributed by atoms with Crippen molar-refractivity contribution in [1.82, 2.24) is 9.80 Å². The molecule has 0 unspecified atom stereocenters. The van der Waals surface area contributed by atoms with Gasteiger partial charge in [-0.1, -0.05) is 30.3 Å². The second kappa shape index (κ2) is 11.0. The topological polar surface area (TPSA) is 32.8 Å². The molecule has 1 amide bonds. The Labute approximate surface area is 189 Å². The van der Waals surface area contributed by atoms with Gasteiger partial charge in [-0.2, -0.15) is 0 Å². The van der Waals surface area contributed by atoms with E-state index in [9.17, 15) is 13.6 Å². The second-order valence-electron chi connectivity index (χ2n) is 9.05. The molecule has 32 heavy (non-hydrogen) atoms. The molecule has 0 saturated carbocycles. The predicted octanol–water partition coefficient (Wildman–Crippen LogP) is 4.43. The van der Waals surface area contributed by atoms with Gasteiger partial charge in [0.1, 0.15) is 11.6 Å². The van der Waals surface area contributed by atoms with Crippen LogP contribution in [-0.2, 0) is 22.5 Å². The van der Waals surface area contributed by atoms with E-state index in [1.165, 1.54) is 18.2 Å². The first kappa shape index (κ1) is 22.9. The molecular formula is C26H32F2N2O2. The third-order valence-corrected chi connectivity index (χ3v) is 6.58. The number of halogens is 2. The summed E-state index contributed by atoms with van der Waals surface area (Å²) in [7, 11) is 0. The number of hydrogen-bond acceptors (Lipinski definition) is 3. The van der Waals surface area contributed by atoms with Crippen LogP contribution in [0.1, 0.15) is 36.8 Å². The van der Waals surface area contributed by atoms with Gasteiger partial charge in [0, 0.05) is 31.8 Å². The van der Waals surface area contributed by atoms with E-state index in [0.29, 0.717) is 31.1 Å². The third-order valence-electron chi connectivity index (χ3n) is 6.58. The Balaban J connectivity index is 1.33. The zero-order valence-electron chi connectivity index (χ0n) is 18.5. The van der Waals surface area contributed by atoms with Crippen molar-refractivity contribution in [2.24, 2.45) is 5.92 Å². The molecule has 2 heterocycles. The van der Waals surface area contributed by atoms with Crippen LogP contribution in [0, 0.1) is 17.6 Å². The van der Waals surface area contributed by atoms with Crippen molar-refractivity contribution in [3.05, 3.63) is 71.3 Å². The monoisotopic (exact) mass is 442 g/mol. The highest BCUT2D eigenvalue weighted by atomic mass is 19.1. The second-order valence-corrected chi connectivity index (χ2v) is 9.05. The first-order valence-electron chi connectivity index (χ1n) is 11.7. The Hall–Kier alpha value is -2.31. The Morgan fingerprint density at radius 1 is 1.03 bits per heavy atom. The van der Waals surface area contributed by atoms with Gasteiger partial charge >= 0.3 is 0 Å². The first-order chi connectivity index (χ1) is 15.6. The van der Waals surface area contributed by atoms with Crippen molar-refractivity contribution in [2.45, 2.75) is 44.8 Å². The summed E-state index contributed by atoms with van der Waals surface area (Å²) in [6.07, 6.45) is 4.26. The Bertz CT molecular complexity index is 893. The summed E-state index contributed by atoms with van der Waals surface area (Å²) < 4.78 is 33.3. The minimum Gasteiger partial charge on any atom is -0.376 e. The van der Waals surface area contributed by atoms with E-state index in [1.807, 2.05) is 17.0 Å². The van der Waals surface area contributed by atoms with Crippen molar-refractivity contribution in [2.75, 3.05) is 32.8 Å². The lowest BCUT2D eigenvalue weighted by molar-refractivity contribution is -0.133. The van der Waals surface area contributed by atoms with Gasteiger partial charge in [0.15, 0.2) is 0 Å². The average Bonchev–Trinajstić information content (AvgIpc) is 3.29. The highest BCUT2D eigenvalue weighted by Gasteiger charge is 2.27. The lowest BCUT2D eigenvalue weighted by Crippen LogP contribution is -2.44. The summed E-state index contributed by atoms with van der Waals surface area (Å²) in [5.41, 5.74) is 1.43. The molecule has 2 aromatic carbocycles. The molecule has 0 bridgehead atoms. The van der Waals surface area contributed by atoms with Crippen molar-refractivity contribution >= 4 is 5.91 Å². The van der Waals surface area contributed by atoms with Crippen LogP contribution < -0.4 is 0 Å². The quantitative estimate of drug-likeness (QED) is 0.607. The van der Waals surface area contributed by atoms with Crippen LogP contribution in [0.15, 0.2) is 48.5 Å². The maximum atomic E-state index is 14.0. The van der Waals surface area contributed by atoms with Crippen LogP contribution in [0.25, 0.3) is 0 Å².